The van der Waals surface area contributed by atoms with Crippen molar-refractivity contribution in [3.63, 3.8) is 0 Å². The molecule has 0 amide bonds. The van der Waals surface area contributed by atoms with Crippen molar-refractivity contribution in [2.24, 2.45) is 5.92 Å². The second-order valence-electron chi connectivity index (χ2n) is 6.47. The monoisotopic (exact) mass is 309 g/mol. The van der Waals surface area contributed by atoms with Gasteiger partial charge in [-0.15, -0.1) is 11.3 Å². The Morgan fingerprint density at radius 1 is 1.33 bits per heavy atom. The van der Waals surface area contributed by atoms with Crippen molar-refractivity contribution >= 4 is 16.5 Å². The van der Waals surface area contributed by atoms with E-state index in [1.807, 2.05) is 11.3 Å². The van der Waals surface area contributed by atoms with Gasteiger partial charge in [0, 0.05) is 24.5 Å². The van der Waals surface area contributed by atoms with Gasteiger partial charge in [-0.3, -0.25) is 0 Å². The molecule has 0 bridgehead atoms. The van der Waals surface area contributed by atoms with Crippen LogP contribution in [0.15, 0.2) is 0 Å². The van der Waals surface area contributed by atoms with Crippen molar-refractivity contribution in [3.8, 4) is 0 Å². The molecular formula is C17H31N3S. The minimum atomic E-state index is 0.510. The van der Waals surface area contributed by atoms with Crippen molar-refractivity contribution < 1.29 is 0 Å². The van der Waals surface area contributed by atoms with Crippen LogP contribution in [0.4, 0.5) is 5.13 Å². The predicted molar refractivity (Wildman–Crippen MR) is 93.4 cm³/mol. The lowest BCUT2D eigenvalue weighted by molar-refractivity contribution is 0.318. The molecule has 0 unspecified atom stereocenters. The van der Waals surface area contributed by atoms with Crippen molar-refractivity contribution in [1.29, 1.82) is 0 Å². The van der Waals surface area contributed by atoms with Crippen LogP contribution in [-0.2, 0) is 6.54 Å². The number of anilines is 1. The highest BCUT2D eigenvalue weighted by Crippen LogP contribution is 2.33. The van der Waals surface area contributed by atoms with Gasteiger partial charge < -0.3 is 10.2 Å². The molecule has 0 atom stereocenters. The molecule has 3 nitrogen and oxygen atoms in total. The summed E-state index contributed by atoms with van der Waals surface area (Å²) in [6.45, 7) is 13.3. The highest BCUT2D eigenvalue weighted by atomic mass is 32.1. The highest BCUT2D eigenvalue weighted by Gasteiger charge is 2.23. The molecule has 1 aromatic rings. The molecule has 1 fully saturated rings. The van der Waals surface area contributed by atoms with Crippen molar-refractivity contribution in [2.45, 2.75) is 65.8 Å². The number of hydrogen-bond donors (Lipinski definition) is 1. The summed E-state index contributed by atoms with van der Waals surface area (Å²) in [7, 11) is 0. The first-order valence-corrected chi connectivity index (χ1v) is 9.42. The fraction of sp³-hybridized carbons (Fsp3) is 0.824. The molecule has 1 heterocycles. The van der Waals surface area contributed by atoms with Crippen LogP contribution in [0.2, 0.25) is 0 Å². The Bertz CT molecular complexity index is 424. The largest absolute Gasteiger partial charge is 0.348 e. The van der Waals surface area contributed by atoms with Gasteiger partial charge in [-0.1, -0.05) is 27.2 Å². The van der Waals surface area contributed by atoms with Crippen LogP contribution in [0.25, 0.3) is 0 Å². The van der Waals surface area contributed by atoms with E-state index in [1.165, 1.54) is 47.9 Å². The Kier molecular flexibility index (Phi) is 6.49. The Balaban J connectivity index is 2.08. The lowest BCUT2D eigenvalue weighted by atomic mass is 9.85. The van der Waals surface area contributed by atoms with Gasteiger partial charge in [-0.05, 0) is 44.6 Å². The summed E-state index contributed by atoms with van der Waals surface area (Å²) in [6.07, 6.45) is 5.42. The maximum Gasteiger partial charge on any atom is 0.185 e. The summed E-state index contributed by atoms with van der Waals surface area (Å²) in [4.78, 5) is 8.90. The van der Waals surface area contributed by atoms with Gasteiger partial charge in [-0.25, -0.2) is 4.98 Å². The molecule has 0 saturated heterocycles. The zero-order valence-corrected chi connectivity index (χ0v) is 14.9. The molecule has 0 aromatic carbocycles. The Hall–Kier alpha value is -0.610. The van der Waals surface area contributed by atoms with E-state index in [2.05, 4.69) is 37.9 Å². The maximum atomic E-state index is 4.98. The summed E-state index contributed by atoms with van der Waals surface area (Å²) in [6, 6.07) is 0. The van der Waals surface area contributed by atoms with E-state index < -0.39 is 0 Å². The zero-order chi connectivity index (χ0) is 15.2. The summed E-state index contributed by atoms with van der Waals surface area (Å²) < 4.78 is 0. The van der Waals surface area contributed by atoms with Gasteiger partial charge >= 0.3 is 0 Å². The molecule has 1 aromatic heterocycles. The van der Waals surface area contributed by atoms with E-state index in [0.29, 0.717) is 5.92 Å². The molecule has 0 radical (unpaired) electrons. The lowest BCUT2D eigenvalue weighted by Crippen LogP contribution is -2.32. The SMILES string of the molecule is CCCNCc1sc(N(CC)CC2CCC2)nc1C(C)C. The van der Waals surface area contributed by atoms with Gasteiger partial charge in [0.2, 0.25) is 0 Å². The fourth-order valence-corrected chi connectivity index (χ4v) is 4.03. The molecule has 120 valence electrons. The Morgan fingerprint density at radius 3 is 2.62 bits per heavy atom. The quantitative estimate of drug-likeness (QED) is 0.686. The summed E-state index contributed by atoms with van der Waals surface area (Å²) >= 11 is 1.90. The molecule has 21 heavy (non-hydrogen) atoms. The van der Waals surface area contributed by atoms with Gasteiger partial charge in [-0.2, -0.15) is 0 Å². The molecule has 0 aliphatic heterocycles. The first kappa shape index (κ1) is 16.8. The summed E-state index contributed by atoms with van der Waals surface area (Å²) in [5, 5.41) is 4.77. The number of nitrogens with one attached hydrogen (secondary N) is 1. The second kappa shape index (κ2) is 8.14. The third-order valence-corrected chi connectivity index (χ3v) is 5.46. The van der Waals surface area contributed by atoms with Crippen LogP contribution < -0.4 is 10.2 Å². The van der Waals surface area contributed by atoms with Gasteiger partial charge in [0.1, 0.15) is 0 Å². The molecule has 0 spiro atoms. The third kappa shape index (κ3) is 4.43. The minimum absolute atomic E-state index is 0.510. The average Bonchev–Trinajstić information content (AvgIpc) is 2.82. The van der Waals surface area contributed by atoms with E-state index >= 15 is 0 Å². The van der Waals surface area contributed by atoms with Crippen LogP contribution >= 0.6 is 11.3 Å². The van der Waals surface area contributed by atoms with Gasteiger partial charge in [0.15, 0.2) is 5.13 Å². The van der Waals surface area contributed by atoms with Crippen molar-refractivity contribution in [3.05, 3.63) is 10.6 Å². The number of hydrogen-bond acceptors (Lipinski definition) is 4. The molecule has 1 aliphatic carbocycles. The van der Waals surface area contributed by atoms with Gasteiger partial charge in [0.05, 0.1) is 5.69 Å². The Morgan fingerprint density at radius 2 is 2.10 bits per heavy atom. The van der Waals surface area contributed by atoms with Crippen LogP contribution in [0.3, 0.4) is 0 Å². The van der Waals surface area contributed by atoms with E-state index in [9.17, 15) is 0 Å². The topological polar surface area (TPSA) is 28.2 Å². The number of aromatic nitrogens is 1. The second-order valence-corrected chi connectivity index (χ2v) is 7.53. The standard InChI is InChI=1S/C17H31N3S/c1-5-10-18-11-15-16(13(3)4)19-17(21-15)20(6-2)12-14-8-7-9-14/h13-14,18H,5-12H2,1-4H3. The van der Waals surface area contributed by atoms with E-state index in [0.717, 1.165) is 25.6 Å². The normalized spacial score (nSPS) is 15.5. The molecule has 1 N–H and O–H groups in total. The van der Waals surface area contributed by atoms with Crippen LogP contribution in [0.1, 0.15) is 69.9 Å². The smallest absolute Gasteiger partial charge is 0.185 e. The first-order chi connectivity index (χ1) is 10.2. The molecular weight excluding hydrogens is 278 g/mol. The van der Waals surface area contributed by atoms with Crippen molar-refractivity contribution in [2.75, 3.05) is 24.5 Å². The Labute approximate surface area is 134 Å². The van der Waals surface area contributed by atoms with Crippen LogP contribution in [0, 0.1) is 5.92 Å². The lowest BCUT2D eigenvalue weighted by Gasteiger charge is -2.31. The average molecular weight is 310 g/mol. The fourth-order valence-electron chi connectivity index (χ4n) is 2.77. The van der Waals surface area contributed by atoms with E-state index in [-0.39, 0.29) is 0 Å². The number of thiazole rings is 1. The van der Waals surface area contributed by atoms with Crippen LogP contribution in [-0.4, -0.2) is 24.6 Å². The molecule has 4 heteroatoms. The van der Waals surface area contributed by atoms with Crippen molar-refractivity contribution in [1.82, 2.24) is 10.3 Å². The third-order valence-electron chi connectivity index (χ3n) is 4.33. The first-order valence-electron chi connectivity index (χ1n) is 8.60. The van der Waals surface area contributed by atoms with Crippen LogP contribution in [0.5, 0.6) is 0 Å². The summed E-state index contributed by atoms with van der Waals surface area (Å²) in [5.74, 6) is 1.41. The highest BCUT2D eigenvalue weighted by molar-refractivity contribution is 7.15. The molecule has 1 saturated carbocycles. The van der Waals surface area contributed by atoms with Gasteiger partial charge in [0.25, 0.3) is 0 Å². The molecule has 2 rings (SSSR count). The van der Waals surface area contributed by atoms with E-state index in [4.69, 9.17) is 4.98 Å². The zero-order valence-electron chi connectivity index (χ0n) is 14.1. The number of nitrogens with zero attached hydrogens (tertiary/aromatic N) is 2. The number of rotatable bonds is 9. The predicted octanol–water partition coefficient (Wildman–Crippen LogP) is 4.39. The maximum absolute atomic E-state index is 4.98. The minimum Gasteiger partial charge on any atom is -0.348 e. The molecule has 1 aliphatic rings. The summed E-state index contributed by atoms with van der Waals surface area (Å²) in [5.41, 5.74) is 1.30. The van der Waals surface area contributed by atoms with E-state index in [1.54, 1.807) is 0 Å².